The van der Waals surface area contributed by atoms with Crippen molar-refractivity contribution in [1.29, 1.82) is 0 Å². The van der Waals surface area contributed by atoms with E-state index in [4.69, 9.17) is 11.6 Å². The van der Waals surface area contributed by atoms with E-state index in [0.29, 0.717) is 23.0 Å². The van der Waals surface area contributed by atoms with Crippen LogP contribution in [-0.2, 0) is 6.54 Å². The number of halogens is 1. The maximum absolute atomic E-state index is 12.3. The van der Waals surface area contributed by atoms with E-state index in [0.717, 1.165) is 11.1 Å². The summed E-state index contributed by atoms with van der Waals surface area (Å²) in [5.74, 6) is -0.199. The largest absolute Gasteiger partial charge is 0.347 e. The van der Waals surface area contributed by atoms with Gasteiger partial charge < -0.3 is 5.32 Å². The average molecular weight is 358 g/mol. The van der Waals surface area contributed by atoms with Crippen molar-refractivity contribution in [1.82, 2.24) is 15.5 Å². The SMILES string of the molecule is CSc1ccc(CNC(=O)c2cc(-c3ccccc3Cl)n[nH]2)cc1. The fourth-order valence-corrected chi connectivity index (χ4v) is 2.91. The second-order valence-electron chi connectivity index (χ2n) is 5.18. The van der Waals surface area contributed by atoms with Crippen molar-refractivity contribution < 1.29 is 4.79 Å². The number of thioether (sulfide) groups is 1. The smallest absolute Gasteiger partial charge is 0.269 e. The van der Waals surface area contributed by atoms with Crippen molar-refractivity contribution in [2.24, 2.45) is 0 Å². The van der Waals surface area contributed by atoms with Gasteiger partial charge in [-0.2, -0.15) is 5.10 Å². The summed E-state index contributed by atoms with van der Waals surface area (Å²) in [6.45, 7) is 0.466. The lowest BCUT2D eigenvalue weighted by molar-refractivity contribution is 0.0946. The molecule has 0 saturated heterocycles. The Kier molecular flexibility index (Phi) is 5.23. The van der Waals surface area contributed by atoms with Crippen molar-refractivity contribution in [3.05, 3.63) is 70.9 Å². The predicted octanol–water partition coefficient (Wildman–Crippen LogP) is 4.38. The molecule has 0 aliphatic rings. The molecule has 6 heteroatoms. The number of hydrogen-bond donors (Lipinski definition) is 2. The molecule has 4 nitrogen and oxygen atoms in total. The Morgan fingerprint density at radius 2 is 1.96 bits per heavy atom. The summed E-state index contributed by atoms with van der Waals surface area (Å²) in [5.41, 5.74) is 2.90. The fourth-order valence-electron chi connectivity index (χ4n) is 2.27. The number of amides is 1. The Labute approximate surface area is 149 Å². The van der Waals surface area contributed by atoms with Gasteiger partial charge in [-0.1, -0.05) is 41.9 Å². The summed E-state index contributed by atoms with van der Waals surface area (Å²) in [6, 6.07) is 17.2. The maximum atomic E-state index is 12.3. The lowest BCUT2D eigenvalue weighted by atomic mass is 10.1. The molecule has 1 heterocycles. The molecule has 0 bridgehead atoms. The second-order valence-corrected chi connectivity index (χ2v) is 6.46. The molecule has 1 aromatic heterocycles. The third kappa shape index (κ3) is 3.80. The van der Waals surface area contributed by atoms with E-state index in [-0.39, 0.29) is 5.91 Å². The molecule has 0 atom stereocenters. The number of rotatable bonds is 5. The molecule has 0 radical (unpaired) electrons. The molecule has 2 aromatic carbocycles. The standard InChI is InChI=1S/C18H16ClN3OS/c1-24-13-8-6-12(7-9-13)11-20-18(23)17-10-16(21-22-17)14-4-2-3-5-15(14)19/h2-10H,11H2,1H3,(H,20,23)(H,21,22). The van der Waals surface area contributed by atoms with Gasteiger partial charge in [0.15, 0.2) is 0 Å². The van der Waals surface area contributed by atoms with Gasteiger partial charge in [0, 0.05) is 17.0 Å². The molecule has 1 amide bonds. The first-order valence-corrected chi connectivity index (χ1v) is 8.99. The van der Waals surface area contributed by atoms with E-state index < -0.39 is 0 Å². The summed E-state index contributed by atoms with van der Waals surface area (Å²) in [6.07, 6.45) is 2.03. The van der Waals surface area contributed by atoms with Crippen LogP contribution >= 0.6 is 23.4 Å². The molecular weight excluding hydrogens is 342 g/mol. The van der Waals surface area contributed by atoms with Gasteiger partial charge in [0.25, 0.3) is 5.91 Å². The van der Waals surface area contributed by atoms with E-state index >= 15 is 0 Å². The van der Waals surface area contributed by atoms with Gasteiger partial charge in [-0.3, -0.25) is 9.89 Å². The van der Waals surface area contributed by atoms with Crippen LogP contribution in [0.2, 0.25) is 5.02 Å². The first-order valence-electron chi connectivity index (χ1n) is 7.39. The number of nitrogens with zero attached hydrogens (tertiary/aromatic N) is 1. The quantitative estimate of drug-likeness (QED) is 0.666. The highest BCUT2D eigenvalue weighted by Gasteiger charge is 2.12. The van der Waals surface area contributed by atoms with Crippen molar-refractivity contribution in [3.63, 3.8) is 0 Å². The number of H-pyrrole nitrogens is 1. The number of aromatic nitrogens is 2. The highest BCUT2D eigenvalue weighted by Crippen LogP contribution is 2.26. The van der Waals surface area contributed by atoms with Gasteiger partial charge in [-0.15, -0.1) is 11.8 Å². The van der Waals surface area contributed by atoms with Crippen LogP contribution in [0.3, 0.4) is 0 Å². The van der Waals surface area contributed by atoms with Gasteiger partial charge >= 0.3 is 0 Å². The molecule has 0 aliphatic heterocycles. The van der Waals surface area contributed by atoms with Crippen molar-refractivity contribution >= 4 is 29.3 Å². The summed E-state index contributed by atoms with van der Waals surface area (Å²) in [4.78, 5) is 13.4. The molecule has 2 N–H and O–H groups in total. The number of aromatic amines is 1. The lowest BCUT2D eigenvalue weighted by Gasteiger charge is -2.04. The van der Waals surface area contributed by atoms with E-state index in [9.17, 15) is 4.79 Å². The van der Waals surface area contributed by atoms with Gasteiger partial charge in [0.1, 0.15) is 5.69 Å². The first kappa shape index (κ1) is 16.6. The van der Waals surface area contributed by atoms with Gasteiger partial charge in [0.2, 0.25) is 0 Å². The van der Waals surface area contributed by atoms with Crippen molar-refractivity contribution in [3.8, 4) is 11.3 Å². The number of benzene rings is 2. The van der Waals surface area contributed by atoms with Crippen molar-refractivity contribution in [2.45, 2.75) is 11.4 Å². The summed E-state index contributed by atoms with van der Waals surface area (Å²) >= 11 is 7.85. The monoisotopic (exact) mass is 357 g/mol. The molecule has 24 heavy (non-hydrogen) atoms. The summed E-state index contributed by atoms with van der Waals surface area (Å²) in [5, 5.41) is 10.4. The van der Waals surface area contributed by atoms with Gasteiger partial charge in [0.05, 0.1) is 10.7 Å². The van der Waals surface area contributed by atoms with Crippen LogP contribution < -0.4 is 5.32 Å². The Bertz CT molecular complexity index is 845. The summed E-state index contributed by atoms with van der Waals surface area (Å²) < 4.78 is 0. The number of nitrogens with one attached hydrogen (secondary N) is 2. The normalized spacial score (nSPS) is 10.6. The third-order valence-electron chi connectivity index (χ3n) is 3.58. The van der Waals surface area contributed by atoms with Crippen LogP contribution in [0.4, 0.5) is 0 Å². The average Bonchev–Trinajstić information content (AvgIpc) is 3.10. The van der Waals surface area contributed by atoms with E-state index in [1.54, 1.807) is 23.9 Å². The topological polar surface area (TPSA) is 57.8 Å². The minimum absolute atomic E-state index is 0.199. The molecule has 122 valence electrons. The van der Waals surface area contributed by atoms with Gasteiger partial charge in [-0.05, 0) is 36.1 Å². The lowest BCUT2D eigenvalue weighted by Crippen LogP contribution is -2.23. The Balaban J connectivity index is 1.66. The molecule has 0 aliphatic carbocycles. The molecule has 0 unspecified atom stereocenters. The van der Waals surface area contributed by atoms with E-state index in [2.05, 4.69) is 15.5 Å². The highest BCUT2D eigenvalue weighted by molar-refractivity contribution is 7.98. The fraction of sp³-hybridized carbons (Fsp3) is 0.111. The Morgan fingerprint density at radius 1 is 1.21 bits per heavy atom. The van der Waals surface area contributed by atoms with Crippen LogP contribution in [-0.4, -0.2) is 22.4 Å². The molecule has 0 fully saturated rings. The molecule has 0 spiro atoms. The second kappa shape index (κ2) is 7.55. The number of hydrogen-bond acceptors (Lipinski definition) is 3. The number of carbonyl (C=O) groups is 1. The maximum Gasteiger partial charge on any atom is 0.269 e. The Hall–Kier alpha value is -2.24. The summed E-state index contributed by atoms with van der Waals surface area (Å²) in [7, 11) is 0. The third-order valence-corrected chi connectivity index (χ3v) is 4.66. The zero-order chi connectivity index (χ0) is 16.9. The van der Waals surface area contributed by atoms with Crippen LogP contribution in [0.5, 0.6) is 0 Å². The highest BCUT2D eigenvalue weighted by atomic mass is 35.5. The number of carbonyl (C=O) groups excluding carboxylic acids is 1. The minimum Gasteiger partial charge on any atom is -0.347 e. The van der Waals surface area contributed by atoms with Gasteiger partial charge in [-0.25, -0.2) is 0 Å². The zero-order valence-corrected chi connectivity index (χ0v) is 14.6. The van der Waals surface area contributed by atoms with Crippen molar-refractivity contribution in [2.75, 3.05) is 6.26 Å². The first-order chi connectivity index (χ1) is 11.7. The van der Waals surface area contributed by atoms with Crippen LogP contribution in [0.1, 0.15) is 16.1 Å². The molecule has 3 rings (SSSR count). The predicted molar refractivity (Wildman–Crippen MR) is 98.4 cm³/mol. The van der Waals surface area contributed by atoms with Crippen LogP contribution in [0.15, 0.2) is 59.5 Å². The van der Waals surface area contributed by atoms with E-state index in [1.165, 1.54) is 4.90 Å². The molecular formula is C18H16ClN3OS. The van der Waals surface area contributed by atoms with Crippen LogP contribution in [0.25, 0.3) is 11.3 Å². The van der Waals surface area contributed by atoms with Crippen LogP contribution in [0, 0.1) is 0 Å². The van der Waals surface area contributed by atoms with E-state index in [1.807, 2.05) is 48.7 Å². The molecule has 0 saturated carbocycles. The minimum atomic E-state index is -0.199. The Morgan fingerprint density at radius 3 is 2.67 bits per heavy atom. The zero-order valence-electron chi connectivity index (χ0n) is 13.0. The molecule has 3 aromatic rings.